The molecule has 3 unspecified atom stereocenters. The molecular formula is C13H28S7. The molecule has 0 saturated heterocycles. The van der Waals surface area contributed by atoms with Gasteiger partial charge in [-0.1, -0.05) is 0 Å². The van der Waals surface area contributed by atoms with Crippen molar-refractivity contribution in [2.24, 2.45) is 0 Å². The van der Waals surface area contributed by atoms with Crippen LogP contribution in [0, 0.1) is 0 Å². The molecule has 0 heterocycles. The van der Waals surface area contributed by atoms with Gasteiger partial charge in [0.25, 0.3) is 0 Å². The van der Waals surface area contributed by atoms with E-state index in [0.717, 1.165) is 55.8 Å². The van der Waals surface area contributed by atoms with Gasteiger partial charge in [-0.2, -0.15) is 88.4 Å². The third kappa shape index (κ3) is 11.1. The van der Waals surface area contributed by atoms with Crippen LogP contribution >= 0.6 is 88.4 Å². The maximum Gasteiger partial charge on any atom is 0.0316 e. The molecule has 122 valence electrons. The van der Waals surface area contributed by atoms with Crippen molar-refractivity contribution in [2.75, 3.05) is 17.3 Å². The summed E-state index contributed by atoms with van der Waals surface area (Å²) in [5.41, 5.74) is 0. The Bertz CT molecular complexity index is 233. The molecule has 0 aromatic heterocycles. The number of hydrogen-bond acceptors (Lipinski definition) is 7. The van der Waals surface area contributed by atoms with Crippen LogP contribution in [0.25, 0.3) is 0 Å². The first kappa shape index (κ1) is 22.4. The Morgan fingerprint density at radius 3 is 1.45 bits per heavy atom. The van der Waals surface area contributed by atoms with Crippen molar-refractivity contribution in [3.8, 4) is 0 Å². The molecular weight excluding hydrogens is 381 g/mol. The van der Waals surface area contributed by atoms with Crippen LogP contribution in [-0.4, -0.2) is 37.8 Å². The summed E-state index contributed by atoms with van der Waals surface area (Å²) < 4.78 is -0.118. The van der Waals surface area contributed by atoms with E-state index in [2.05, 4.69) is 88.4 Å². The second-order valence-electron chi connectivity index (χ2n) is 5.37. The minimum absolute atomic E-state index is 0.118. The molecule has 0 rings (SSSR count). The highest BCUT2D eigenvalue weighted by Gasteiger charge is 2.25. The van der Waals surface area contributed by atoms with Crippen molar-refractivity contribution in [1.82, 2.24) is 0 Å². The van der Waals surface area contributed by atoms with Gasteiger partial charge in [0.05, 0.1) is 0 Å². The molecule has 0 bridgehead atoms. The average Bonchev–Trinajstić information content (AvgIpc) is 2.43. The van der Waals surface area contributed by atoms with Crippen molar-refractivity contribution in [1.29, 1.82) is 0 Å². The van der Waals surface area contributed by atoms with Crippen LogP contribution in [0.4, 0.5) is 0 Å². The molecule has 0 aliphatic carbocycles. The first-order valence-corrected chi connectivity index (χ1v) is 10.9. The second-order valence-corrected chi connectivity index (χ2v) is 9.59. The third-order valence-corrected chi connectivity index (χ3v) is 7.27. The standard InChI is InChI=1S/C13H28S7/c14-6-5-11(18)2-1-10(17)3-4-12(19)7-13(20,8-15)9-16/h10-12,14-20H,1-9H2. The second kappa shape index (κ2) is 12.8. The van der Waals surface area contributed by atoms with Gasteiger partial charge in [0.15, 0.2) is 0 Å². The minimum atomic E-state index is -0.118. The lowest BCUT2D eigenvalue weighted by Gasteiger charge is -2.28. The smallest absolute Gasteiger partial charge is 0.0316 e. The Kier molecular flexibility index (Phi) is 14.4. The van der Waals surface area contributed by atoms with E-state index in [4.69, 9.17) is 0 Å². The van der Waals surface area contributed by atoms with Gasteiger partial charge in [-0.25, -0.2) is 0 Å². The summed E-state index contributed by atoms with van der Waals surface area (Å²) in [6, 6.07) is 0. The van der Waals surface area contributed by atoms with E-state index in [1.807, 2.05) is 0 Å². The van der Waals surface area contributed by atoms with E-state index in [1.165, 1.54) is 0 Å². The summed E-state index contributed by atoms with van der Waals surface area (Å²) in [5.74, 6) is 2.36. The van der Waals surface area contributed by atoms with Crippen molar-refractivity contribution in [3.05, 3.63) is 0 Å². The van der Waals surface area contributed by atoms with Crippen molar-refractivity contribution in [2.45, 2.75) is 59.0 Å². The summed E-state index contributed by atoms with van der Waals surface area (Å²) in [4.78, 5) is 0. The predicted octanol–water partition coefficient (Wildman–Crippen LogP) is 4.68. The van der Waals surface area contributed by atoms with Crippen LogP contribution in [0.5, 0.6) is 0 Å². The molecule has 3 atom stereocenters. The summed E-state index contributed by atoms with van der Waals surface area (Å²) in [5, 5.41) is 1.22. The van der Waals surface area contributed by atoms with Gasteiger partial charge in [0.2, 0.25) is 0 Å². The first-order chi connectivity index (χ1) is 9.36. The van der Waals surface area contributed by atoms with Crippen LogP contribution in [0.3, 0.4) is 0 Å². The highest BCUT2D eigenvalue weighted by molar-refractivity contribution is 7.87. The summed E-state index contributed by atoms with van der Waals surface area (Å²) >= 11 is 31.5. The van der Waals surface area contributed by atoms with Gasteiger partial charge in [0, 0.05) is 32.0 Å². The van der Waals surface area contributed by atoms with Gasteiger partial charge in [-0.3, -0.25) is 0 Å². The normalized spacial score (nSPS) is 16.9. The summed E-state index contributed by atoms with van der Waals surface area (Å²) in [6.45, 7) is 0. The van der Waals surface area contributed by atoms with E-state index in [9.17, 15) is 0 Å². The van der Waals surface area contributed by atoms with Gasteiger partial charge in [0.1, 0.15) is 0 Å². The highest BCUT2D eigenvalue weighted by Crippen LogP contribution is 2.29. The zero-order chi connectivity index (χ0) is 15.6. The first-order valence-electron chi connectivity index (χ1n) is 6.96. The number of thiol groups is 7. The average molecular weight is 409 g/mol. The monoisotopic (exact) mass is 408 g/mol. The van der Waals surface area contributed by atoms with Gasteiger partial charge in [-0.05, 0) is 44.3 Å². The molecule has 0 aliphatic heterocycles. The lowest BCUT2D eigenvalue weighted by molar-refractivity contribution is 0.563. The molecule has 0 aromatic rings. The van der Waals surface area contributed by atoms with Crippen LogP contribution in [0.15, 0.2) is 0 Å². The fraction of sp³-hybridized carbons (Fsp3) is 1.00. The summed E-state index contributed by atoms with van der Waals surface area (Å²) in [6.07, 6.45) is 6.36. The molecule has 7 heteroatoms. The van der Waals surface area contributed by atoms with Crippen LogP contribution in [0.2, 0.25) is 0 Å². The maximum atomic E-state index is 4.67. The third-order valence-electron chi connectivity index (χ3n) is 3.33. The van der Waals surface area contributed by atoms with Crippen LogP contribution in [-0.2, 0) is 0 Å². The SMILES string of the molecule is SCCC(S)CCC(S)CCC(S)CC(S)(CS)CS. The largest absolute Gasteiger partial charge is 0.179 e. The fourth-order valence-electron chi connectivity index (χ4n) is 1.93. The predicted molar refractivity (Wildman–Crippen MR) is 119 cm³/mol. The van der Waals surface area contributed by atoms with E-state index < -0.39 is 0 Å². The lowest BCUT2D eigenvalue weighted by atomic mass is 10.0. The Labute approximate surface area is 163 Å². The van der Waals surface area contributed by atoms with Gasteiger partial charge >= 0.3 is 0 Å². The molecule has 0 amide bonds. The van der Waals surface area contributed by atoms with Gasteiger partial charge in [-0.15, -0.1) is 0 Å². The lowest BCUT2D eigenvalue weighted by Crippen LogP contribution is -2.30. The number of hydrogen-bond donors (Lipinski definition) is 7. The quantitative estimate of drug-likeness (QED) is 0.224. The Morgan fingerprint density at radius 1 is 0.650 bits per heavy atom. The summed E-state index contributed by atoms with van der Waals surface area (Å²) in [7, 11) is 0. The van der Waals surface area contributed by atoms with Crippen molar-refractivity contribution < 1.29 is 0 Å². The molecule has 0 aromatic carbocycles. The molecule has 20 heavy (non-hydrogen) atoms. The van der Waals surface area contributed by atoms with E-state index in [-0.39, 0.29) is 4.75 Å². The van der Waals surface area contributed by atoms with Crippen molar-refractivity contribution >= 4 is 88.4 Å². The fourth-order valence-corrected chi connectivity index (χ4v) is 4.54. The molecule has 0 N–H and O–H groups in total. The van der Waals surface area contributed by atoms with Crippen LogP contribution < -0.4 is 0 Å². The van der Waals surface area contributed by atoms with E-state index in [0.29, 0.717) is 15.7 Å². The van der Waals surface area contributed by atoms with Gasteiger partial charge < -0.3 is 0 Å². The Hall–Kier alpha value is 2.45. The molecule has 0 nitrogen and oxygen atoms in total. The molecule has 0 radical (unpaired) electrons. The highest BCUT2D eigenvalue weighted by atomic mass is 32.1. The topological polar surface area (TPSA) is 0 Å². The minimum Gasteiger partial charge on any atom is -0.179 e. The number of rotatable bonds is 12. The Balaban J connectivity index is 3.85. The molecule has 0 fully saturated rings. The Morgan fingerprint density at radius 2 is 1.05 bits per heavy atom. The van der Waals surface area contributed by atoms with Crippen LogP contribution in [0.1, 0.15) is 38.5 Å². The molecule has 0 saturated carbocycles. The maximum absolute atomic E-state index is 4.67. The zero-order valence-electron chi connectivity index (χ0n) is 11.7. The zero-order valence-corrected chi connectivity index (χ0v) is 18.0. The molecule has 0 spiro atoms. The van der Waals surface area contributed by atoms with E-state index >= 15 is 0 Å². The van der Waals surface area contributed by atoms with Crippen molar-refractivity contribution in [3.63, 3.8) is 0 Å². The molecule has 0 aliphatic rings. The van der Waals surface area contributed by atoms with E-state index in [1.54, 1.807) is 0 Å².